The molecule has 0 aliphatic carbocycles. The number of amides is 1. The van der Waals surface area contributed by atoms with Gasteiger partial charge in [0.1, 0.15) is 0 Å². The summed E-state index contributed by atoms with van der Waals surface area (Å²) in [5.41, 5.74) is 2.32. The highest BCUT2D eigenvalue weighted by Gasteiger charge is 2.29. The Hall–Kier alpha value is -1.86. The normalized spacial score (nSPS) is 18.8. The molecule has 0 bridgehead atoms. The Kier molecular flexibility index (Phi) is 4.75. The number of fused-ring (bicyclic) bond motifs is 1. The van der Waals surface area contributed by atoms with Gasteiger partial charge in [0.05, 0.1) is 17.9 Å². The number of hydrogen-bond donors (Lipinski definition) is 1. The maximum atomic E-state index is 12.7. The minimum Gasteiger partial charge on any atom is -0.341 e. The second kappa shape index (κ2) is 6.53. The van der Waals surface area contributed by atoms with Crippen LogP contribution in [0, 0.1) is 17.2 Å². The zero-order valence-corrected chi connectivity index (χ0v) is 12.1. The number of likely N-dealkylation sites (N-methyl/N-ethyl adjacent to an activating group) is 1. The third-order valence-electron chi connectivity index (χ3n) is 3.80. The van der Waals surface area contributed by atoms with Crippen molar-refractivity contribution < 1.29 is 4.79 Å². The topological polar surface area (TPSA) is 56.1 Å². The molecule has 1 aliphatic heterocycles. The van der Waals surface area contributed by atoms with E-state index in [9.17, 15) is 4.79 Å². The molecule has 2 rings (SSSR count). The predicted octanol–water partition coefficient (Wildman–Crippen LogP) is 1.88. The smallest absolute Gasteiger partial charge is 0.231 e. The molecule has 1 aromatic rings. The van der Waals surface area contributed by atoms with Gasteiger partial charge in [-0.05, 0) is 25.0 Å². The van der Waals surface area contributed by atoms with Crippen LogP contribution in [0.3, 0.4) is 0 Å². The maximum absolute atomic E-state index is 12.7. The van der Waals surface area contributed by atoms with Crippen LogP contribution >= 0.6 is 0 Å². The molecule has 0 fully saturated rings. The largest absolute Gasteiger partial charge is 0.341 e. The first-order valence-corrected chi connectivity index (χ1v) is 7.14. The lowest BCUT2D eigenvalue weighted by molar-refractivity contribution is -0.133. The molecule has 4 heteroatoms. The SMILES string of the molecule is CCN(CC(C)C#N)C(=O)C1CNCc2ccccc21. The Morgan fingerprint density at radius 1 is 1.55 bits per heavy atom. The third kappa shape index (κ3) is 3.00. The van der Waals surface area contributed by atoms with E-state index in [1.165, 1.54) is 5.56 Å². The van der Waals surface area contributed by atoms with Crippen molar-refractivity contribution in [2.75, 3.05) is 19.6 Å². The molecule has 1 N–H and O–H groups in total. The maximum Gasteiger partial charge on any atom is 0.231 e. The van der Waals surface area contributed by atoms with Crippen LogP contribution in [-0.2, 0) is 11.3 Å². The lowest BCUT2D eigenvalue weighted by atomic mass is 9.89. The highest BCUT2D eigenvalue weighted by Crippen LogP contribution is 2.25. The molecule has 1 amide bonds. The van der Waals surface area contributed by atoms with Crippen molar-refractivity contribution in [3.63, 3.8) is 0 Å². The monoisotopic (exact) mass is 271 g/mol. The molecule has 0 saturated heterocycles. The van der Waals surface area contributed by atoms with E-state index in [-0.39, 0.29) is 17.7 Å². The van der Waals surface area contributed by atoms with Crippen LogP contribution in [0.15, 0.2) is 24.3 Å². The fourth-order valence-electron chi connectivity index (χ4n) is 2.68. The van der Waals surface area contributed by atoms with E-state index >= 15 is 0 Å². The van der Waals surface area contributed by atoms with Gasteiger partial charge in [-0.1, -0.05) is 24.3 Å². The second-order valence-electron chi connectivity index (χ2n) is 5.29. The van der Waals surface area contributed by atoms with Crippen LogP contribution in [0.5, 0.6) is 0 Å². The van der Waals surface area contributed by atoms with Gasteiger partial charge in [0.25, 0.3) is 0 Å². The molecule has 0 spiro atoms. The number of rotatable bonds is 4. The quantitative estimate of drug-likeness (QED) is 0.909. The molecule has 2 unspecified atom stereocenters. The Balaban J connectivity index is 2.19. The van der Waals surface area contributed by atoms with Gasteiger partial charge < -0.3 is 10.2 Å². The average molecular weight is 271 g/mol. The van der Waals surface area contributed by atoms with Gasteiger partial charge in [-0.25, -0.2) is 0 Å². The van der Waals surface area contributed by atoms with E-state index in [1.807, 2.05) is 32.0 Å². The van der Waals surface area contributed by atoms with Crippen molar-refractivity contribution in [3.8, 4) is 6.07 Å². The van der Waals surface area contributed by atoms with Crippen molar-refractivity contribution in [1.82, 2.24) is 10.2 Å². The van der Waals surface area contributed by atoms with Crippen LogP contribution in [0.25, 0.3) is 0 Å². The minimum atomic E-state index is -0.134. The van der Waals surface area contributed by atoms with E-state index in [0.717, 1.165) is 12.1 Å². The summed E-state index contributed by atoms with van der Waals surface area (Å²) < 4.78 is 0. The zero-order valence-electron chi connectivity index (χ0n) is 12.1. The molecular weight excluding hydrogens is 250 g/mol. The summed E-state index contributed by atoms with van der Waals surface area (Å²) in [6.07, 6.45) is 0. The Morgan fingerprint density at radius 2 is 2.30 bits per heavy atom. The number of carbonyl (C=O) groups excluding carboxylic acids is 1. The van der Waals surface area contributed by atoms with Gasteiger partial charge in [0.15, 0.2) is 0 Å². The second-order valence-corrected chi connectivity index (χ2v) is 5.29. The van der Waals surface area contributed by atoms with E-state index in [0.29, 0.717) is 19.6 Å². The lowest BCUT2D eigenvalue weighted by Crippen LogP contribution is -2.43. The molecule has 0 saturated carbocycles. The number of nitriles is 1. The van der Waals surface area contributed by atoms with E-state index in [2.05, 4.69) is 17.5 Å². The van der Waals surface area contributed by atoms with Crippen LogP contribution in [-0.4, -0.2) is 30.4 Å². The molecule has 0 aromatic heterocycles. The third-order valence-corrected chi connectivity index (χ3v) is 3.80. The molecule has 1 heterocycles. The first-order valence-electron chi connectivity index (χ1n) is 7.14. The molecule has 1 aromatic carbocycles. The Bertz CT molecular complexity index is 521. The van der Waals surface area contributed by atoms with Crippen molar-refractivity contribution in [3.05, 3.63) is 35.4 Å². The lowest BCUT2D eigenvalue weighted by Gasteiger charge is -2.31. The predicted molar refractivity (Wildman–Crippen MR) is 77.9 cm³/mol. The standard InChI is InChI=1S/C16H21N3O/c1-3-19(11-12(2)8-17)16(20)15-10-18-9-13-6-4-5-7-14(13)15/h4-7,12,15,18H,3,9-11H2,1-2H3. The molecule has 106 valence electrons. The number of carbonyl (C=O) groups is 1. The molecule has 20 heavy (non-hydrogen) atoms. The first kappa shape index (κ1) is 14.5. The summed E-state index contributed by atoms with van der Waals surface area (Å²) in [7, 11) is 0. The van der Waals surface area contributed by atoms with Gasteiger partial charge >= 0.3 is 0 Å². The Labute approximate surface area is 120 Å². The van der Waals surface area contributed by atoms with Crippen molar-refractivity contribution in [1.29, 1.82) is 5.26 Å². The summed E-state index contributed by atoms with van der Waals surface area (Å²) in [5, 5.41) is 12.2. The number of benzene rings is 1. The minimum absolute atomic E-state index is 0.120. The summed E-state index contributed by atoms with van der Waals surface area (Å²) in [4.78, 5) is 14.5. The highest BCUT2D eigenvalue weighted by atomic mass is 16.2. The molecular formula is C16H21N3O. The Morgan fingerprint density at radius 3 is 3.00 bits per heavy atom. The van der Waals surface area contributed by atoms with Crippen molar-refractivity contribution >= 4 is 5.91 Å². The highest BCUT2D eigenvalue weighted by molar-refractivity contribution is 5.84. The van der Waals surface area contributed by atoms with Crippen LogP contribution in [0.4, 0.5) is 0 Å². The van der Waals surface area contributed by atoms with Crippen LogP contribution < -0.4 is 5.32 Å². The molecule has 0 radical (unpaired) electrons. The number of nitrogens with one attached hydrogen (secondary N) is 1. The fraction of sp³-hybridized carbons (Fsp3) is 0.500. The molecule has 4 nitrogen and oxygen atoms in total. The zero-order chi connectivity index (χ0) is 14.5. The molecule has 1 aliphatic rings. The van der Waals surface area contributed by atoms with Crippen molar-refractivity contribution in [2.45, 2.75) is 26.3 Å². The van der Waals surface area contributed by atoms with E-state index < -0.39 is 0 Å². The van der Waals surface area contributed by atoms with E-state index in [1.54, 1.807) is 4.90 Å². The van der Waals surface area contributed by atoms with Gasteiger partial charge in [-0.15, -0.1) is 0 Å². The van der Waals surface area contributed by atoms with Gasteiger partial charge in [0.2, 0.25) is 5.91 Å². The molecule has 2 atom stereocenters. The number of hydrogen-bond acceptors (Lipinski definition) is 3. The van der Waals surface area contributed by atoms with Crippen molar-refractivity contribution in [2.24, 2.45) is 5.92 Å². The summed E-state index contributed by atoms with van der Waals surface area (Å²) in [6, 6.07) is 10.3. The van der Waals surface area contributed by atoms with Crippen LogP contribution in [0.1, 0.15) is 30.9 Å². The van der Waals surface area contributed by atoms with Gasteiger partial charge in [-0.3, -0.25) is 4.79 Å². The first-order chi connectivity index (χ1) is 9.67. The van der Waals surface area contributed by atoms with Gasteiger partial charge in [0, 0.05) is 26.2 Å². The fourth-order valence-corrected chi connectivity index (χ4v) is 2.68. The summed E-state index contributed by atoms with van der Waals surface area (Å²) >= 11 is 0. The summed E-state index contributed by atoms with van der Waals surface area (Å²) in [5.74, 6) is -0.147. The number of nitrogens with zero attached hydrogens (tertiary/aromatic N) is 2. The van der Waals surface area contributed by atoms with E-state index in [4.69, 9.17) is 5.26 Å². The average Bonchev–Trinajstić information content (AvgIpc) is 2.51. The van der Waals surface area contributed by atoms with Crippen LogP contribution in [0.2, 0.25) is 0 Å². The summed E-state index contributed by atoms with van der Waals surface area (Å²) in [6.45, 7) is 6.45. The van der Waals surface area contributed by atoms with Gasteiger partial charge in [-0.2, -0.15) is 5.26 Å².